The molecule has 1 aromatic carbocycles. The van der Waals surface area contributed by atoms with Crippen LogP contribution in [-0.2, 0) is 28.6 Å². The fraction of sp³-hybridized carbons (Fsp3) is 0.679. The van der Waals surface area contributed by atoms with E-state index >= 15 is 0 Å². The molecule has 0 aromatic heterocycles. The van der Waals surface area contributed by atoms with Crippen molar-refractivity contribution in [1.82, 2.24) is 15.1 Å². The van der Waals surface area contributed by atoms with E-state index < -0.39 is 41.1 Å². The van der Waals surface area contributed by atoms with E-state index in [1.807, 2.05) is 44.2 Å². The number of morpholine rings is 1. The molecule has 3 unspecified atom stereocenters. The molecule has 4 fully saturated rings. The number of amides is 2. The Kier molecular flexibility index (Phi) is 7.52. The van der Waals surface area contributed by atoms with Gasteiger partial charge in [-0.3, -0.25) is 19.3 Å². The molecule has 2 N–H and O–H groups in total. The number of rotatable bonds is 9. The lowest BCUT2D eigenvalue weighted by Gasteiger charge is -2.37. The largest absolute Gasteiger partial charge is 0.466 e. The van der Waals surface area contributed by atoms with Crippen molar-refractivity contribution in [3.8, 4) is 0 Å². The average Bonchev–Trinajstić information content (AvgIpc) is 3.43. The zero-order valence-electron chi connectivity index (χ0n) is 22.4. The Labute approximate surface area is 223 Å². The van der Waals surface area contributed by atoms with Gasteiger partial charge in [-0.05, 0) is 31.7 Å². The topological polar surface area (TPSA) is 118 Å². The lowest BCUT2D eigenvalue weighted by Crippen LogP contribution is -2.57. The second-order valence-corrected chi connectivity index (χ2v) is 11.1. The first kappa shape index (κ1) is 27.1. The highest BCUT2D eigenvalue weighted by Crippen LogP contribution is 2.66. The number of likely N-dealkylation sites (tertiary alicyclic amines) is 1. The van der Waals surface area contributed by atoms with E-state index in [2.05, 4.69) is 10.2 Å². The van der Waals surface area contributed by atoms with Crippen LogP contribution in [0.15, 0.2) is 30.3 Å². The van der Waals surface area contributed by atoms with Crippen molar-refractivity contribution < 1.29 is 33.7 Å². The molecule has 4 saturated heterocycles. The molecule has 2 bridgehead atoms. The number of benzene rings is 1. The maximum atomic E-state index is 14.3. The predicted molar refractivity (Wildman–Crippen MR) is 137 cm³/mol. The molecular formula is C28H39N3O7. The van der Waals surface area contributed by atoms with Crippen LogP contribution in [0.2, 0.25) is 0 Å². The summed E-state index contributed by atoms with van der Waals surface area (Å²) in [4.78, 5) is 45.3. The smallest absolute Gasteiger partial charge is 0.312 e. The fourth-order valence-electron chi connectivity index (χ4n) is 7.19. The lowest BCUT2D eigenvalue weighted by molar-refractivity contribution is -0.162. The van der Waals surface area contributed by atoms with Crippen LogP contribution in [-0.4, -0.2) is 103 Å². The van der Waals surface area contributed by atoms with Gasteiger partial charge in [0.2, 0.25) is 11.8 Å². The van der Waals surface area contributed by atoms with Crippen molar-refractivity contribution in [2.75, 3.05) is 52.6 Å². The zero-order chi connectivity index (χ0) is 27.1. The van der Waals surface area contributed by atoms with Gasteiger partial charge >= 0.3 is 5.97 Å². The Morgan fingerprint density at radius 3 is 2.61 bits per heavy atom. The normalized spacial score (nSPS) is 35.3. The second kappa shape index (κ2) is 10.6. The zero-order valence-corrected chi connectivity index (χ0v) is 22.4. The van der Waals surface area contributed by atoms with Gasteiger partial charge < -0.3 is 29.5 Å². The first-order valence-corrected chi connectivity index (χ1v) is 13.7. The lowest BCUT2D eigenvalue weighted by atomic mass is 9.62. The van der Waals surface area contributed by atoms with E-state index in [4.69, 9.17) is 14.2 Å². The van der Waals surface area contributed by atoms with Gasteiger partial charge in [0, 0.05) is 26.2 Å². The molecule has 4 aliphatic heterocycles. The highest BCUT2D eigenvalue weighted by atomic mass is 16.6. The van der Waals surface area contributed by atoms with Crippen LogP contribution in [0.25, 0.3) is 0 Å². The third-order valence-electron chi connectivity index (χ3n) is 9.07. The fourth-order valence-corrected chi connectivity index (χ4v) is 7.19. The molecule has 1 aromatic rings. The van der Waals surface area contributed by atoms with Crippen molar-refractivity contribution in [3.05, 3.63) is 35.9 Å². The predicted octanol–water partition coefficient (Wildman–Crippen LogP) is 0.742. The Hall–Kier alpha value is -2.53. The van der Waals surface area contributed by atoms with Gasteiger partial charge in [-0.15, -0.1) is 0 Å². The first-order chi connectivity index (χ1) is 18.3. The number of carbonyl (C=O) groups excluding carboxylic acids is 3. The maximum Gasteiger partial charge on any atom is 0.312 e. The molecule has 4 aliphatic rings. The maximum absolute atomic E-state index is 14.3. The third-order valence-corrected chi connectivity index (χ3v) is 9.07. The number of esters is 1. The number of carbonyl (C=O) groups is 3. The Balaban J connectivity index is 1.50. The summed E-state index contributed by atoms with van der Waals surface area (Å²) in [6.45, 7) is 9.41. The monoisotopic (exact) mass is 529 g/mol. The highest BCUT2D eigenvalue weighted by molar-refractivity contribution is 5.98. The van der Waals surface area contributed by atoms with Gasteiger partial charge in [-0.2, -0.15) is 0 Å². The van der Waals surface area contributed by atoms with Crippen molar-refractivity contribution in [2.45, 2.75) is 50.5 Å². The number of hydrogen-bond acceptors (Lipinski definition) is 8. The molecule has 10 heteroatoms. The van der Waals surface area contributed by atoms with Crippen LogP contribution in [0.4, 0.5) is 0 Å². The van der Waals surface area contributed by atoms with Crippen LogP contribution in [0.5, 0.6) is 0 Å². The van der Waals surface area contributed by atoms with Crippen molar-refractivity contribution in [3.63, 3.8) is 0 Å². The Morgan fingerprint density at radius 1 is 1.24 bits per heavy atom. The average molecular weight is 530 g/mol. The number of hydrogen-bond donors (Lipinski definition) is 2. The molecule has 208 valence electrons. The van der Waals surface area contributed by atoms with Crippen LogP contribution < -0.4 is 5.32 Å². The van der Waals surface area contributed by atoms with Crippen molar-refractivity contribution in [2.24, 2.45) is 17.8 Å². The number of fused-ring (bicyclic) bond motifs is 1. The van der Waals surface area contributed by atoms with E-state index in [0.717, 1.165) is 13.1 Å². The number of aliphatic hydroxyl groups excluding tert-OH is 1. The molecule has 0 aliphatic carbocycles. The number of ether oxygens (including phenoxy) is 3. The molecule has 2 amide bonds. The van der Waals surface area contributed by atoms with E-state index in [1.54, 1.807) is 6.92 Å². The second-order valence-electron chi connectivity index (χ2n) is 11.1. The molecule has 10 nitrogen and oxygen atoms in total. The summed E-state index contributed by atoms with van der Waals surface area (Å²) in [7, 11) is 0. The highest BCUT2D eigenvalue weighted by Gasteiger charge is 2.80. The summed E-state index contributed by atoms with van der Waals surface area (Å²) < 4.78 is 17.5. The molecular weight excluding hydrogens is 490 g/mol. The van der Waals surface area contributed by atoms with Crippen molar-refractivity contribution >= 4 is 17.8 Å². The first-order valence-electron chi connectivity index (χ1n) is 13.7. The summed E-state index contributed by atoms with van der Waals surface area (Å²) in [5, 5.41) is 13.6. The van der Waals surface area contributed by atoms with Gasteiger partial charge in [0.15, 0.2) is 0 Å². The van der Waals surface area contributed by atoms with Gasteiger partial charge in [0.05, 0.1) is 44.0 Å². The summed E-state index contributed by atoms with van der Waals surface area (Å²) in [6, 6.07) is 7.44. The van der Waals surface area contributed by atoms with Crippen LogP contribution in [0, 0.1) is 17.8 Å². The molecule has 0 radical (unpaired) electrons. The summed E-state index contributed by atoms with van der Waals surface area (Å²) in [5.74, 6) is -2.93. The van der Waals surface area contributed by atoms with Crippen molar-refractivity contribution in [1.29, 1.82) is 0 Å². The molecule has 7 atom stereocenters. The van der Waals surface area contributed by atoms with Crippen LogP contribution >= 0.6 is 0 Å². The summed E-state index contributed by atoms with van der Waals surface area (Å²) >= 11 is 0. The molecule has 5 rings (SSSR count). The molecule has 38 heavy (non-hydrogen) atoms. The Morgan fingerprint density at radius 2 is 1.95 bits per heavy atom. The van der Waals surface area contributed by atoms with Gasteiger partial charge in [-0.25, -0.2) is 0 Å². The minimum absolute atomic E-state index is 0.0751. The van der Waals surface area contributed by atoms with Gasteiger partial charge in [0.25, 0.3) is 0 Å². The SMILES string of the molecule is CCOC(=O)[C@@H]1[C@H]2C(=O)N([C@H](CO)c3ccccc3)C(C(=O)NCCN3CCOCC3)C23CC(C)[C@@]1(C)O3. The summed E-state index contributed by atoms with van der Waals surface area (Å²) in [6.07, 6.45) is 0.459. The summed E-state index contributed by atoms with van der Waals surface area (Å²) in [5.41, 5.74) is -1.40. The Bertz CT molecular complexity index is 1050. The van der Waals surface area contributed by atoms with E-state index in [0.29, 0.717) is 38.3 Å². The molecule has 1 spiro atoms. The number of nitrogens with one attached hydrogen (secondary N) is 1. The molecule has 4 heterocycles. The third kappa shape index (κ3) is 4.22. The molecule has 0 saturated carbocycles. The quantitative estimate of drug-likeness (QED) is 0.450. The van der Waals surface area contributed by atoms with E-state index in [1.165, 1.54) is 4.90 Å². The standard InChI is InChI=1S/C28H39N3O7/c1-4-37-26(35)22-21-25(34)31(20(17-32)19-8-6-5-7-9-19)23(28(21)16-18(2)27(22,3)38-28)24(33)29-10-11-30-12-14-36-15-13-30/h5-9,18,20-23,32H,4,10-17H2,1-3H3,(H,29,33)/t18?,20-,21+,22+,23?,27-,28?/m1/s1. The number of nitrogens with zero attached hydrogens (tertiary/aromatic N) is 2. The minimum Gasteiger partial charge on any atom is -0.466 e. The van der Waals surface area contributed by atoms with Gasteiger partial charge in [0.1, 0.15) is 17.6 Å². The number of aliphatic hydroxyl groups is 1. The van der Waals surface area contributed by atoms with Crippen LogP contribution in [0.1, 0.15) is 38.8 Å². The van der Waals surface area contributed by atoms with Gasteiger partial charge in [-0.1, -0.05) is 37.3 Å². The van der Waals surface area contributed by atoms with E-state index in [9.17, 15) is 19.5 Å². The van der Waals surface area contributed by atoms with E-state index in [-0.39, 0.29) is 30.9 Å². The van der Waals surface area contributed by atoms with Crippen LogP contribution in [0.3, 0.4) is 0 Å². The minimum atomic E-state index is -1.19.